The van der Waals surface area contributed by atoms with E-state index in [1.807, 2.05) is 63.3 Å². The summed E-state index contributed by atoms with van der Waals surface area (Å²) in [7, 11) is 1.74. The van der Waals surface area contributed by atoms with Gasteiger partial charge in [-0.05, 0) is 36.1 Å². The molecule has 0 spiro atoms. The van der Waals surface area contributed by atoms with Gasteiger partial charge in [-0.25, -0.2) is 0 Å². The summed E-state index contributed by atoms with van der Waals surface area (Å²) in [5, 5.41) is 2.78. The highest BCUT2D eigenvalue weighted by Crippen LogP contribution is 2.47. The lowest BCUT2D eigenvalue weighted by Crippen LogP contribution is -2.39. The minimum atomic E-state index is -0.475. The van der Waals surface area contributed by atoms with Crippen molar-refractivity contribution in [3.05, 3.63) is 65.0 Å². The van der Waals surface area contributed by atoms with Crippen LogP contribution in [0.3, 0.4) is 0 Å². The van der Waals surface area contributed by atoms with Gasteiger partial charge < -0.3 is 10.1 Å². The standard InChI is InChI=1S/C25H29N3O4/c1-5-13-26-20(29)14-32-17-11-9-16(10-12-17)18-7-6-8-19-21(18)23-27(4)25(31)22(15(2)3)28(23)24(19)30/h6-12,15,18,22H,5,13-14H2,1-4H3,(H,26,29). The molecule has 1 aromatic rings. The van der Waals surface area contributed by atoms with E-state index in [4.69, 9.17) is 4.74 Å². The quantitative estimate of drug-likeness (QED) is 0.714. The first-order chi connectivity index (χ1) is 15.3. The molecule has 1 fully saturated rings. The van der Waals surface area contributed by atoms with Gasteiger partial charge in [0.1, 0.15) is 17.6 Å². The number of ether oxygens (including phenoxy) is 1. The number of carbonyl (C=O) groups excluding carboxylic acids is 3. The number of nitrogens with zero attached hydrogens (tertiary/aromatic N) is 2. The average Bonchev–Trinajstić information content (AvgIpc) is 3.22. The molecule has 2 unspecified atom stereocenters. The molecule has 0 radical (unpaired) electrons. The number of rotatable bonds is 7. The van der Waals surface area contributed by atoms with Crippen molar-refractivity contribution in [1.29, 1.82) is 0 Å². The Balaban J connectivity index is 1.59. The van der Waals surface area contributed by atoms with E-state index in [0.717, 1.165) is 17.6 Å². The van der Waals surface area contributed by atoms with E-state index < -0.39 is 6.04 Å². The van der Waals surface area contributed by atoms with Crippen molar-refractivity contribution in [3.8, 4) is 5.75 Å². The summed E-state index contributed by atoms with van der Waals surface area (Å²) < 4.78 is 5.58. The largest absolute Gasteiger partial charge is 0.484 e. The monoisotopic (exact) mass is 435 g/mol. The third kappa shape index (κ3) is 3.61. The lowest BCUT2D eigenvalue weighted by molar-refractivity contribution is -0.133. The van der Waals surface area contributed by atoms with Crippen LogP contribution in [0.4, 0.5) is 0 Å². The fraction of sp³-hybridized carbons (Fsp3) is 0.400. The first kappa shape index (κ1) is 21.9. The second-order valence-corrected chi connectivity index (χ2v) is 8.65. The van der Waals surface area contributed by atoms with Crippen LogP contribution in [0.2, 0.25) is 0 Å². The highest BCUT2D eigenvalue weighted by molar-refractivity contribution is 6.09. The zero-order chi connectivity index (χ0) is 23.0. The molecule has 3 aliphatic rings. The maximum absolute atomic E-state index is 13.2. The lowest BCUT2D eigenvalue weighted by Gasteiger charge is -2.22. The summed E-state index contributed by atoms with van der Waals surface area (Å²) >= 11 is 0. The summed E-state index contributed by atoms with van der Waals surface area (Å²) in [6.45, 7) is 6.52. The van der Waals surface area contributed by atoms with Crippen LogP contribution in [-0.2, 0) is 14.4 Å². The van der Waals surface area contributed by atoms with E-state index in [2.05, 4.69) is 5.32 Å². The zero-order valence-corrected chi connectivity index (χ0v) is 18.9. The third-order valence-electron chi connectivity index (χ3n) is 6.08. The van der Waals surface area contributed by atoms with Crippen molar-refractivity contribution < 1.29 is 19.1 Å². The van der Waals surface area contributed by atoms with E-state index in [1.54, 1.807) is 16.8 Å². The van der Waals surface area contributed by atoms with E-state index in [0.29, 0.717) is 23.7 Å². The molecule has 2 aliphatic heterocycles. The number of fused-ring (bicyclic) bond motifs is 2. The van der Waals surface area contributed by atoms with Gasteiger partial charge >= 0.3 is 0 Å². The minimum Gasteiger partial charge on any atom is -0.484 e. The van der Waals surface area contributed by atoms with Gasteiger partial charge in [-0.3, -0.25) is 24.2 Å². The molecular weight excluding hydrogens is 406 g/mol. The van der Waals surface area contributed by atoms with E-state index in [1.165, 1.54) is 0 Å². The van der Waals surface area contributed by atoms with Gasteiger partial charge in [0, 0.05) is 30.7 Å². The Morgan fingerprint density at radius 1 is 1.19 bits per heavy atom. The maximum atomic E-state index is 13.2. The van der Waals surface area contributed by atoms with Crippen molar-refractivity contribution in [1.82, 2.24) is 15.1 Å². The molecule has 1 aromatic carbocycles. The molecular formula is C25H29N3O4. The molecule has 3 amide bonds. The Morgan fingerprint density at radius 3 is 2.56 bits per heavy atom. The summed E-state index contributed by atoms with van der Waals surface area (Å²) in [5.74, 6) is 0.850. The summed E-state index contributed by atoms with van der Waals surface area (Å²) in [6, 6.07) is 7.06. The highest BCUT2D eigenvalue weighted by atomic mass is 16.5. The molecule has 1 N–H and O–H groups in total. The number of likely N-dealkylation sites (N-methyl/N-ethyl adjacent to an activating group) is 1. The fourth-order valence-electron chi connectivity index (χ4n) is 4.53. The number of hydrogen-bond donors (Lipinski definition) is 1. The van der Waals surface area contributed by atoms with Crippen LogP contribution in [-0.4, -0.2) is 53.8 Å². The van der Waals surface area contributed by atoms with Gasteiger partial charge in [-0.2, -0.15) is 0 Å². The van der Waals surface area contributed by atoms with Gasteiger partial charge in [-0.15, -0.1) is 0 Å². The van der Waals surface area contributed by atoms with Crippen LogP contribution >= 0.6 is 0 Å². The Kier molecular flexibility index (Phi) is 5.91. The molecule has 2 heterocycles. The molecule has 1 saturated heterocycles. The van der Waals surface area contributed by atoms with Gasteiger partial charge in [0.15, 0.2) is 6.61 Å². The first-order valence-corrected chi connectivity index (χ1v) is 11.1. The Bertz CT molecular complexity index is 1040. The van der Waals surface area contributed by atoms with E-state index >= 15 is 0 Å². The zero-order valence-electron chi connectivity index (χ0n) is 18.9. The van der Waals surface area contributed by atoms with E-state index in [9.17, 15) is 14.4 Å². The van der Waals surface area contributed by atoms with Crippen LogP contribution in [0, 0.1) is 5.92 Å². The average molecular weight is 436 g/mol. The molecule has 1 aliphatic carbocycles. The first-order valence-electron chi connectivity index (χ1n) is 11.1. The molecule has 168 valence electrons. The van der Waals surface area contributed by atoms with Gasteiger partial charge in [0.2, 0.25) is 0 Å². The lowest BCUT2D eigenvalue weighted by atomic mass is 9.84. The Morgan fingerprint density at radius 2 is 1.91 bits per heavy atom. The number of carbonyl (C=O) groups is 3. The van der Waals surface area contributed by atoms with Gasteiger partial charge in [0.25, 0.3) is 17.7 Å². The molecule has 0 saturated carbocycles. The van der Waals surface area contributed by atoms with Crippen LogP contribution in [0.25, 0.3) is 0 Å². The maximum Gasteiger partial charge on any atom is 0.260 e. The van der Waals surface area contributed by atoms with Gasteiger partial charge in [-0.1, -0.05) is 45.1 Å². The van der Waals surface area contributed by atoms with Crippen molar-refractivity contribution in [2.24, 2.45) is 5.92 Å². The summed E-state index contributed by atoms with van der Waals surface area (Å²) in [4.78, 5) is 41.1. The molecule has 2 atom stereocenters. The number of hydrogen-bond acceptors (Lipinski definition) is 4. The van der Waals surface area contributed by atoms with Crippen molar-refractivity contribution in [2.45, 2.75) is 39.2 Å². The van der Waals surface area contributed by atoms with E-state index in [-0.39, 0.29) is 36.2 Å². The normalized spacial score (nSPS) is 21.8. The number of nitrogens with one attached hydrogen (secondary N) is 1. The van der Waals surface area contributed by atoms with Crippen LogP contribution in [0.1, 0.15) is 38.7 Å². The Labute approximate surface area is 188 Å². The topological polar surface area (TPSA) is 79.0 Å². The van der Waals surface area contributed by atoms with Crippen molar-refractivity contribution in [2.75, 3.05) is 20.2 Å². The highest BCUT2D eigenvalue weighted by Gasteiger charge is 2.53. The second-order valence-electron chi connectivity index (χ2n) is 8.65. The fourth-order valence-corrected chi connectivity index (χ4v) is 4.53. The van der Waals surface area contributed by atoms with Crippen molar-refractivity contribution in [3.63, 3.8) is 0 Å². The number of benzene rings is 1. The van der Waals surface area contributed by atoms with Crippen molar-refractivity contribution >= 4 is 17.7 Å². The molecule has 4 rings (SSSR count). The third-order valence-corrected chi connectivity index (χ3v) is 6.08. The predicted molar refractivity (Wildman–Crippen MR) is 120 cm³/mol. The van der Waals surface area contributed by atoms with Crippen LogP contribution < -0.4 is 10.1 Å². The molecule has 0 bridgehead atoms. The predicted octanol–water partition coefficient (Wildman–Crippen LogP) is 2.72. The van der Waals surface area contributed by atoms with Crippen LogP contribution in [0.5, 0.6) is 5.75 Å². The molecule has 7 nitrogen and oxygen atoms in total. The minimum absolute atomic E-state index is 0.0186. The molecule has 7 heteroatoms. The smallest absolute Gasteiger partial charge is 0.260 e. The molecule has 32 heavy (non-hydrogen) atoms. The number of allylic oxidation sites excluding steroid dienone is 3. The summed E-state index contributed by atoms with van der Waals surface area (Å²) in [6.07, 6.45) is 6.65. The second kappa shape index (κ2) is 8.65. The SMILES string of the molecule is CCCNC(=O)COc1ccc(C2C=CC=C3C(=O)N4C(=C32)N(C)C(=O)C4C(C)C)cc1. The Hall–Kier alpha value is -3.35. The van der Waals surface area contributed by atoms with Gasteiger partial charge in [0.05, 0.1) is 0 Å². The summed E-state index contributed by atoms with van der Waals surface area (Å²) in [5.41, 5.74) is 2.50. The number of amides is 3. The molecule has 0 aromatic heterocycles. The van der Waals surface area contributed by atoms with Crippen LogP contribution in [0.15, 0.2) is 59.5 Å².